The van der Waals surface area contributed by atoms with E-state index in [1.165, 1.54) is 23.0 Å². The molecular formula is C19H14Cl2N2OS2. The molecule has 3 aromatic rings. The van der Waals surface area contributed by atoms with Gasteiger partial charge in [-0.15, -0.1) is 22.7 Å². The van der Waals surface area contributed by atoms with E-state index < -0.39 is 0 Å². The summed E-state index contributed by atoms with van der Waals surface area (Å²) < 4.78 is 0.740. The number of fused-ring (bicyclic) bond motifs is 1. The average molecular weight is 421 g/mol. The Morgan fingerprint density at radius 1 is 1.35 bits per heavy atom. The first-order valence-corrected chi connectivity index (χ1v) is 10.4. The van der Waals surface area contributed by atoms with Crippen molar-refractivity contribution in [3.63, 3.8) is 0 Å². The predicted octanol–water partition coefficient (Wildman–Crippen LogP) is 5.84. The number of carbonyl (C=O) groups excluding carboxylic acids is 1. The third-order valence-electron chi connectivity index (χ3n) is 4.49. The highest BCUT2D eigenvalue weighted by molar-refractivity contribution is 7.16. The Balaban J connectivity index is 1.83. The first-order valence-electron chi connectivity index (χ1n) is 7.96. The fourth-order valence-electron chi connectivity index (χ4n) is 3.31. The molecule has 0 saturated heterocycles. The highest BCUT2D eigenvalue weighted by Crippen LogP contribution is 2.45. The van der Waals surface area contributed by atoms with E-state index in [4.69, 9.17) is 23.2 Å². The fourth-order valence-corrected chi connectivity index (χ4v) is 5.93. The number of thiophene rings is 2. The molecule has 132 valence electrons. The van der Waals surface area contributed by atoms with Gasteiger partial charge in [-0.05, 0) is 46.8 Å². The van der Waals surface area contributed by atoms with E-state index >= 15 is 0 Å². The third kappa shape index (κ3) is 3.09. The minimum absolute atomic E-state index is 0.0453. The van der Waals surface area contributed by atoms with Gasteiger partial charge in [-0.3, -0.25) is 4.79 Å². The number of hydrogen-bond donors (Lipinski definition) is 0. The van der Waals surface area contributed by atoms with Gasteiger partial charge in [0.05, 0.1) is 10.9 Å². The number of hydrogen-bond acceptors (Lipinski definition) is 4. The van der Waals surface area contributed by atoms with Crippen molar-refractivity contribution in [2.24, 2.45) is 0 Å². The van der Waals surface area contributed by atoms with Crippen molar-refractivity contribution in [1.29, 1.82) is 0 Å². The molecular weight excluding hydrogens is 407 g/mol. The van der Waals surface area contributed by atoms with Crippen LogP contribution in [0.1, 0.15) is 21.9 Å². The number of aromatic nitrogens is 1. The molecule has 4 rings (SSSR count). The van der Waals surface area contributed by atoms with Gasteiger partial charge in [0.25, 0.3) is 0 Å². The predicted molar refractivity (Wildman–Crippen MR) is 109 cm³/mol. The number of nitrogens with zero attached hydrogens (tertiary/aromatic N) is 2. The second-order valence-electron chi connectivity index (χ2n) is 5.95. The van der Waals surface area contributed by atoms with Gasteiger partial charge in [0, 0.05) is 34.0 Å². The topological polar surface area (TPSA) is 33.2 Å². The van der Waals surface area contributed by atoms with Gasteiger partial charge in [-0.1, -0.05) is 29.8 Å². The summed E-state index contributed by atoms with van der Waals surface area (Å²) in [7, 11) is 0. The van der Waals surface area contributed by atoms with Gasteiger partial charge in [-0.2, -0.15) is 0 Å². The molecule has 1 aliphatic rings. The van der Waals surface area contributed by atoms with Crippen molar-refractivity contribution >= 4 is 51.8 Å². The molecule has 26 heavy (non-hydrogen) atoms. The standard InChI is InChI=1S/C19H14Cl2N2OS2/c1-2-17(24)23-9-14(13-8-16(20)26-15(13)10-23)11-5-7-25-18(11)12-4-3-6-22-19(12)21/h2-8,14H,1,9-10H2/t14-/m0/s1. The Kier molecular flexibility index (Phi) is 4.88. The molecule has 4 heterocycles. The molecule has 0 aliphatic carbocycles. The monoisotopic (exact) mass is 420 g/mol. The summed E-state index contributed by atoms with van der Waals surface area (Å²) in [5.41, 5.74) is 3.24. The van der Waals surface area contributed by atoms with Crippen LogP contribution in [-0.4, -0.2) is 22.3 Å². The quantitative estimate of drug-likeness (QED) is 0.393. The smallest absolute Gasteiger partial charge is 0.246 e. The zero-order valence-electron chi connectivity index (χ0n) is 13.6. The first kappa shape index (κ1) is 17.7. The summed E-state index contributed by atoms with van der Waals surface area (Å²) in [6.45, 7) is 4.78. The van der Waals surface area contributed by atoms with E-state index in [2.05, 4.69) is 23.0 Å². The number of halogens is 2. The van der Waals surface area contributed by atoms with E-state index in [9.17, 15) is 4.79 Å². The summed E-state index contributed by atoms with van der Waals surface area (Å²) in [4.78, 5) is 20.5. The molecule has 7 heteroatoms. The Morgan fingerprint density at radius 2 is 2.19 bits per heavy atom. The second kappa shape index (κ2) is 7.16. The minimum atomic E-state index is -0.0682. The van der Waals surface area contributed by atoms with Crippen LogP contribution < -0.4 is 0 Å². The Hall–Kier alpha value is -1.66. The van der Waals surface area contributed by atoms with Gasteiger partial charge in [0.1, 0.15) is 5.15 Å². The lowest BCUT2D eigenvalue weighted by Gasteiger charge is -2.32. The van der Waals surface area contributed by atoms with Crippen molar-refractivity contribution in [2.45, 2.75) is 12.5 Å². The van der Waals surface area contributed by atoms with Crippen molar-refractivity contribution in [2.75, 3.05) is 6.54 Å². The van der Waals surface area contributed by atoms with Crippen LogP contribution >= 0.6 is 45.9 Å². The normalized spacial score (nSPS) is 16.4. The zero-order valence-corrected chi connectivity index (χ0v) is 16.8. The molecule has 0 aromatic carbocycles. The minimum Gasteiger partial charge on any atom is -0.333 e. The van der Waals surface area contributed by atoms with Crippen molar-refractivity contribution in [3.05, 3.63) is 74.0 Å². The molecule has 1 atom stereocenters. The van der Waals surface area contributed by atoms with Crippen LogP contribution in [0.15, 0.2) is 48.5 Å². The largest absolute Gasteiger partial charge is 0.333 e. The Bertz CT molecular complexity index is 995. The molecule has 0 N–H and O–H groups in total. The second-order valence-corrected chi connectivity index (χ2v) is 8.99. The van der Waals surface area contributed by atoms with Gasteiger partial charge in [0.2, 0.25) is 5.91 Å². The summed E-state index contributed by atoms with van der Waals surface area (Å²) >= 11 is 15.8. The summed E-state index contributed by atoms with van der Waals surface area (Å²) in [5, 5.41) is 2.53. The van der Waals surface area contributed by atoms with E-state index in [-0.39, 0.29) is 11.8 Å². The zero-order chi connectivity index (χ0) is 18.3. The van der Waals surface area contributed by atoms with E-state index in [0.717, 1.165) is 25.2 Å². The van der Waals surface area contributed by atoms with Crippen molar-refractivity contribution in [1.82, 2.24) is 9.88 Å². The molecule has 0 saturated carbocycles. The van der Waals surface area contributed by atoms with E-state index in [0.29, 0.717) is 18.2 Å². The Morgan fingerprint density at radius 3 is 2.96 bits per heavy atom. The number of amides is 1. The third-order valence-corrected chi connectivity index (χ3v) is 7.01. The summed E-state index contributed by atoms with van der Waals surface area (Å²) in [6.07, 6.45) is 3.05. The van der Waals surface area contributed by atoms with Crippen molar-refractivity contribution < 1.29 is 4.79 Å². The lowest BCUT2D eigenvalue weighted by atomic mass is 9.87. The van der Waals surface area contributed by atoms with Crippen LogP contribution in [-0.2, 0) is 11.3 Å². The maximum atomic E-state index is 12.3. The highest BCUT2D eigenvalue weighted by Gasteiger charge is 2.32. The maximum absolute atomic E-state index is 12.3. The molecule has 0 fully saturated rings. The maximum Gasteiger partial charge on any atom is 0.246 e. The fraction of sp³-hybridized carbons (Fsp3) is 0.158. The van der Waals surface area contributed by atoms with Crippen LogP contribution in [0.2, 0.25) is 9.49 Å². The summed E-state index contributed by atoms with van der Waals surface area (Å²) in [5.74, 6) is -0.0229. The van der Waals surface area contributed by atoms with Gasteiger partial charge < -0.3 is 4.90 Å². The van der Waals surface area contributed by atoms with Gasteiger partial charge in [-0.25, -0.2) is 4.98 Å². The molecule has 0 bridgehead atoms. The van der Waals surface area contributed by atoms with Gasteiger partial charge in [0.15, 0.2) is 0 Å². The first-order chi connectivity index (χ1) is 12.6. The lowest BCUT2D eigenvalue weighted by Crippen LogP contribution is -2.36. The van der Waals surface area contributed by atoms with E-state index in [1.807, 2.05) is 23.1 Å². The molecule has 0 radical (unpaired) electrons. The van der Waals surface area contributed by atoms with Crippen LogP contribution in [0.5, 0.6) is 0 Å². The summed E-state index contributed by atoms with van der Waals surface area (Å²) in [6, 6.07) is 7.98. The molecule has 1 aliphatic heterocycles. The molecule has 0 spiro atoms. The molecule has 1 amide bonds. The molecule has 3 nitrogen and oxygen atoms in total. The van der Waals surface area contributed by atoms with Gasteiger partial charge >= 0.3 is 0 Å². The SMILES string of the molecule is C=CC(=O)N1Cc2sc(Cl)cc2[C@H](c2ccsc2-c2cccnc2Cl)C1. The molecule has 3 aromatic heterocycles. The van der Waals surface area contributed by atoms with Crippen LogP contribution in [0.4, 0.5) is 0 Å². The average Bonchev–Trinajstić information content (AvgIpc) is 3.26. The number of rotatable bonds is 3. The van der Waals surface area contributed by atoms with Crippen LogP contribution in [0.25, 0.3) is 10.4 Å². The number of carbonyl (C=O) groups is 1. The van der Waals surface area contributed by atoms with Crippen LogP contribution in [0.3, 0.4) is 0 Å². The van der Waals surface area contributed by atoms with E-state index in [1.54, 1.807) is 17.5 Å². The Labute approximate surface area is 169 Å². The molecule has 0 unspecified atom stereocenters. The van der Waals surface area contributed by atoms with Crippen LogP contribution in [0, 0.1) is 0 Å². The van der Waals surface area contributed by atoms with Crippen molar-refractivity contribution in [3.8, 4) is 10.4 Å². The number of pyridine rings is 1. The lowest BCUT2D eigenvalue weighted by molar-refractivity contribution is -0.127. The highest BCUT2D eigenvalue weighted by atomic mass is 35.5.